The van der Waals surface area contributed by atoms with Crippen molar-refractivity contribution in [3.63, 3.8) is 0 Å². The second-order valence-electron chi connectivity index (χ2n) is 4.12. The average Bonchev–Trinajstić information content (AvgIpc) is 2.43. The van der Waals surface area contributed by atoms with Crippen molar-refractivity contribution in [2.24, 2.45) is 0 Å². The SMILES string of the molecule is Cc1cc(NC(=O)c2ccc(CBr)cc2)cnc1Br. The van der Waals surface area contributed by atoms with Gasteiger partial charge in [0.15, 0.2) is 0 Å². The molecule has 0 fully saturated rings. The summed E-state index contributed by atoms with van der Waals surface area (Å²) in [6.45, 7) is 1.93. The van der Waals surface area contributed by atoms with E-state index in [0.717, 1.165) is 21.1 Å². The molecule has 0 aliphatic heterocycles. The second-order valence-corrected chi connectivity index (χ2v) is 5.43. The lowest BCUT2D eigenvalue weighted by Crippen LogP contribution is -2.12. The highest BCUT2D eigenvalue weighted by molar-refractivity contribution is 9.10. The number of aryl methyl sites for hydroxylation is 1. The lowest BCUT2D eigenvalue weighted by atomic mass is 10.1. The van der Waals surface area contributed by atoms with Crippen LogP contribution in [0.4, 0.5) is 5.69 Å². The van der Waals surface area contributed by atoms with Crippen LogP contribution < -0.4 is 5.32 Å². The van der Waals surface area contributed by atoms with Crippen molar-refractivity contribution in [1.29, 1.82) is 0 Å². The van der Waals surface area contributed by atoms with E-state index in [1.54, 1.807) is 6.20 Å². The van der Waals surface area contributed by atoms with Crippen LogP contribution in [0.3, 0.4) is 0 Å². The zero-order chi connectivity index (χ0) is 13.8. The van der Waals surface area contributed by atoms with Crippen molar-refractivity contribution in [1.82, 2.24) is 4.98 Å². The number of rotatable bonds is 3. The molecule has 2 rings (SSSR count). The van der Waals surface area contributed by atoms with E-state index in [0.29, 0.717) is 11.3 Å². The van der Waals surface area contributed by atoms with Gasteiger partial charge in [0.2, 0.25) is 0 Å². The summed E-state index contributed by atoms with van der Waals surface area (Å²) >= 11 is 6.70. The van der Waals surface area contributed by atoms with Crippen molar-refractivity contribution in [2.75, 3.05) is 5.32 Å². The number of aromatic nitrogens is 1. The molecular weight excluding hydrogens is 372 g/mol. The van der Waals surface area contributed by atoms with Crippen LogP contribution in [-0.4, -0.2) is 10.9 Å². The first-order chi connectivity index (χ1) is 9.10. The van der Waals surface area contributed by atoms with E-state index in [9.17, 15) is 4.79 Å². The van der Waals surface area contributed by atoms with E-state index in [1.807, 2.05) is 37.3 Å². The molecule has 0 saturated heterocycles. The number of pyridine rings is 1. The first-order valence-electron chi connectivity index (χ1n) is 5.68. The second kappa shape index (κ2) is 6.30. The van der Waals surface area contributed by atoms with Crippen molar-refractivity contribution < 1.29 is 4.79 Å². The lowest BCUT2D eigenvalue weighted by Gasteiger charge is -2.07. The number of nitrogens with zero attached hydrogens (tertiary/aromatic N) is 1. The largest absolute Gasteiger partial charge is 0.321 e. The Labute approximate surface area is 128 Å². The molecule has 98 valence electrons. The van der Waals surface area contributed by atoms with Gasteiger partial charge >= 0.3 is 0 Å². The molecule has 5 heteroatoms. The normalized spacial score (nSPS) is 10.3. The molecule has 1 aromatic carbocycles. The highest BCUT2D eigenvalue weighted by atomic mass is 79.9. The molecule has 0 atom stereocenters. The van der Waals surface area contributed by atoms with Crippen LogP contribution in [-0.2, 0) is 5.33 Å². The third-order valence-electron chi connectivity index (χ3n) is 2.64. The maximum Gasteiger partial charge on any atom is 0.255 e. The molecule has 1 N–H and O–H groups in total. The molecule has 1 amide bonds. The molecule has 0 saturated carbocycles. The Morgan fingerprint density at radius 2 is 2.00 bits per heavy atom. The fourth-order valence-corrected chi connectivity index (χ4v) is 2.17. The summed E-state index contributed by atoms with van der Waals surface area (Å²) in [7, 11) is 0. The van der Waals surface area contributed by atoms with Crippen molar-refractivity contribution in [3.05, 3.63) is 57.8 Å². The minimum atomic E-state index is -0.135. The van der Waals surface area contributed by atoms with Gasteiger partial charge in [0.25, 0.3) is 5.91 Å². The summed E-state index contributed by atoms with van der Waals surface area (Å²) in [6, 6.07) is 9.35. The number of alkyl halides is 1. The Bertz CT molecular complexity index is 597. The molecule has 19 heavy (non-hydrogen) atoms. The predicted octanol–water partition coefficient (Wildman–Crippen LogP) is 4.30. The third kappa shape index (κ3) is 3.64. The highest BCUT2D eigenvalue weighted by Crippen LogP contribution is 2.17. The lowest BCUT2D eigenvalue weighted by molar-refractivity contribution is 0.102. The number of halogens is 2. The standard InChI is InChI=1S/C14H12Br2N2O/c1-9-6-12(8-17-13(9)16)18-14(19)11-4-2-10(7-15)3-5-11/h2-6,8H,7H2,1H3,(H,18,19). The summed E-state index contributed by atoms with van der Waals surface area (Å²) in [4.78, 5) is 16.2. The van der Waals surface area contributed by atoms with Crippen molar-refractivity contribution >= 4 is 43.5 Å². The molecular formula is C14H12Br2N2O. The van der Waals surface area contributed by atoms with E-state index < -0.39 is 0 Å². The smallest absolute Gasteiger partial charge is 0.255 e. The van der Waals surface area contributed by atoms with E-state index in [1.165, 1.54) is 0 Å². The highest BCUT2D eigenvalue weighted by Gasteiger charge is 2.07. The summed E-state index contributed by atoms with van der Waals surface area (Å²) in [6.07, 6.45) is 1.63. The first kappa shape index (κ1) is 14.2. The summed E-state index contributed by atoms with van der Waals surface area (Å²) in [5.41, 5.74) is 3.44. The summed E-state index contributed by atoms with van der Waals surface area (Å²) < 4.78 is 0.784. The summed E-state index contributed by atoms with van der Waals surface area (Å²) in [5, 5.41) is 3.61. The van der Waals surface area contributed by atoms with Crippen LogP contribution in [0.5, 0.6) is 0 Å². The monoisotopic (exact) mass is 382 g/mol. The van der Waals surface area contributed by atoms with E-state index in [4.69, 9.17) is 0 Å². The predicted molar refractivity (Wildman–Crippen MR) is 83.7 cm³/mol. The number of benzene rings is 1. The zero-order valence-corrected chi connectivity index (χ0v) is 13.5. The van der Waals surface area contributed by atoms with Crippen molar-refractivity contribution in [2.45, 2.75) is 12.3 Å². The van der Waals surface area contributed by atoms with Gasteiger partial charge in [0.1, 0.15) is 4.60 Å². The Morgan fingerprint density at radius 1 is 1.32 bits per heavy atom. The Kier molecular flexibility index (Phi) is 4.71. The van der Waals surface area contributed by atoms with Crippen LogP contribution in [0.2, 0.25) is 0 Å². The fraction of sp³-hybridized carbons (Fsp3) is 0.143. The van der Waals surface area contributed by atoms with Crippen LogP contribution in [0.15, 0.2) is 41.1 Å². The van der Waals surface area contributed by atoms with Gasteiger partial charge in [0.05, 0.1) is 11.9 Å². The molecule has 0 radical (unpaired) electrons. The molecule has 0 spiro atoms. The zero-order valence-electron chi connectivity index (χ0n) is 10.3. The molecule has 3 nitrogen and oxygen atoms in total. The fourth-order valence-electron chi connectivity index (χ4n) is 1.57. The molecule has 0 aliphatic rings. The van der Waals surface area contributed by atoms with Gasteiger partial charge < -0.3 is 5.32 Å². The number of carbonyl (C=O) groups is 1. The Balaban J connectivity index is 2.13. The van der Waals surface area contributed by atoms with Gasteiger partial charge in [-0.15, -0.1) is 0 Å². The van der Waals surface area contributed by atoms with Crippen molar-refractivity contribution in [3.8, 4) is 0 Å². The number of hydrogen-bond donors (Lipinski definition) is 1. The molecule has 0 aliphatic carbocycles. The Hall–Kier alpha value is -1.20. The number of carbonyl (C=O) groups excluding carboxylic acids is 1. The molecule has 1 aromatic heterocycles. The van der Waals surface area contributed by atoms with Gasteiger partial charge in [-0.1, -0.05) is 28.1 Å². The van der Waals surface area contributed by atoms with Gasteiger partial charge in [-0.25, -0.2) is 4.98 Å². The average molecular weight is 384 g/mol. The van der Waals surface area contributed by atoms with E-state index in [2.05, 4.69) is 42.2 Å². The minimum Gasteiger partial charge on any atom is -0.321 e. The maximum atomic E-state index is 12.0. The quantitative estimate of drug-likeness (QED) is 0.634. The van der Waals surface area contributed by atoms with Gasteiger partial charge in [0, 0.05) is 10.9 Å². The number of anilines is 1. The third-order valence-corrected chi connectivity index (χ3v) is 4.12. The molecule has 0 unspecified atom stereocenters. The van der Waals surface area contributed by atoms with E-state index in [-0.39, 0.29) is 5.91 Å². The topological polar surface area (TPSA) is 42.0 Å². The van der Waals surface area contributed by atoms with Gasteiger partial charge in [-0.2, -0.15) is 0 Å². The first-order valence-corrected chi connectivity index (χ1v) is 7.60. The number of nitrogens with one attached hydrogen (secondary N) is 1. The molecule has 2 aromatic rings. The van der Waals surface area contributed by atoms with Crippen LogP contribution in [0.1, 0.15) is 21.5 Å². The van der Waals surface area contributed by atoms with E-state index >= 15 is 0 Å². The number of amides is 1. The van der Waals surface area contributed by atoms with Crippen LogP contribution in [0.25, 0.3) is 0 Å². The molecule has 0 bridgehead atoms. The summed E-state index contributed by atoms with van der Waals surface area (Å²) in [5.74, 6) is -0.135. The molecule has 1 heterocycles. The van der Waals surface area contributed by atoms with Gasteiger partial charge in [-0.05, 0) is 52.2 Å². The minimum absolute atomic E-state index is 0.135. The Morgan fingerprint density at radius 3 is 2.58 bits per heavy atom. The maximum absolute atomic E-state index is 12.0. The van der Waals surface area contributed by atoms with Gasteiger partial charge in [-0.3, -0.25) is 4.79 Å². The number of hydrogen-bond acceptors (Lipinski definition) is 2. The van der Waals surface area contributed by atoms with Crippen LogP contribution >= 0.6 is 31.9 Å². The van der Waals surface area contributed by atoms with Crippen LogP contribution in [0, 0.1) is 6.92 Å².